The van der Waals surface area contributed by atoms with E-state index in [1.807, 2.05) is 0 Å². The van der Waals surface area contributed by atoms with Crippen LogP contribution in [0.4, 0.5) is 13.2 Å². The van der Waals surface area contributed by atoms with E-state index < -0.39 is 17.3 Å². The summed E-state index contributed by atoms with van der Waals surface area (Å²) in [5.41, 5.74) is -0.868. The summed E-state index contributed by atoms with van der Waals surface area (Å²) in [6.07, 6.45) is -2.82. The summed E-state index contributed by atoms with van der Waals surface area (Å²) in [4.78, 5) is 0.926. The van der Waals surface area contributed by atoms with Crippen LogP contribution < -0.4 is 0 Å². The summed E-state index contributed by atoms with van der Waals surface area (Å²) in [7, 11) is 0. The number of hydrogen-bond acceptors (Lipinski definition) is 4. The van der Waals surface area contributed by atoms with E-state index in [1.165, 1.54) is 19.1 Å². The minimum atomic E-state index is -4.45. The van der Waals surface area contributed by atoms with E-state index in [4.69, 9.17) is 24.4 Å². The van der Waals surface area contributed by atoms with Gasteiger partial charge in [0.25, 0.3) is 0 Å². The molecule has 1 heterocycles. The quantitative estimate of drug-likeness (QED) is 0.529. The van der Waals surface area contributed by atoms with Crippen LogP contribution in [-0.4, -0.2) is 20.4 Å². The lowest BCUT2D eigenvalue weighted by Gasteiger charge is -2.34. The van der Waals surface area contributed by atoms with E-state index in [0.717, 1.165) is 17.8 Å². The second-order valence-corrected chi connectivity index (χ2v) is 8.18. The average molecular weight is 463 g/mol. The molecular weight excluding hydrogens is 453 g/mol. The summed E-state index contributed by atoms with van der Waals surface area (Å²) < 4.78 is 40.3. The van der Waals surface area contributed by atoms with Crippen molar-refractivity contribution in [3.63, 3.8) is 0 Å². The number of rotatable bonds is 1. The number of halogens is 4. The molecule has 8 heteroatoms. The molecule has 1 aromatic carbocycles. The first kappa shape index (κ1) is 19.0. The van der Waals surface area contributed by atoms with E-state index >= 15 is 0 Å². The topological polar surface area (TPSA) is 20.2 Å². The van der Waals surface area contributed by atoms with Gasteiger partial charge in [-0.25, -0.2) is 0 Å². The van der Waals surface area contributed by atoms with Gasteiger partial charge in [0, 0.05) is 26.1 Å². The molecule has 3 rings (SSSR count). The highest BCUT2D eigenvalue weighted by Crippen LogP contribution is 2.47. The van der Waals surface area contributed by atoms with Gasteiger partial charge in [-0.15, -0.1) is 0 Å². The predicted octanol–water partition coefficient (Wildman–Crippen LogP) is 5.83. The third kappa shape index (κ3) is 3.19. The lowest BCUT2D eigenvalue weighted by atomic mass is 9.83. The van der Waals surface area contributed by atoms with E-state index in [9.17, 15) is 18.3 Å². The molecule has 1 nitrogen and oxygen atoms in total. The van der Waals surface area contributed by atoms with Crippen molar-refractivity contribution in [1.82, 2.24) is 0 Å². The Morgan fingerprint density at radius 2 is 1.80 bits per heavy atom. The van der Waals surface area contributed by atoms with Gasteiger partial charge in [-0.2, -0.15) is 13.2 Å². The normalized spacial score (nSPS) is 24.1. The number of thiocarbonyl (C=S) groups is 2. The smallest absolute Gasteiger partial charge is 0.379 e. The van der Waals surface area contributed by atoms with Crippen LogP contribution >= 0.6 is 52.1 Å². The largest absolute Gasteiger partial charge is 0.417 e. The molecule has 1 aliphatic heterocycles. The maximum absolute atomic E-state index is 13.3. The summed E-state index contributed by atoms with van der Waals surface area (Å²) in [6, 6.07) is 5.42. The predicted molar refractivity (Wildman–Crippen MR) is 107 cm³/mol. The molecule has 0 saturated heterocycles. The van der Waals surface area contributed by atoms with Gasteiger partial charge in [-0.3, -0.25) is 0 Å². The zero-order valence-electron chi connectivity index (χ0n) is 12.6. The SMILES string of the molecule is CC1(O)C(=S)C2=CSC(c3ccccc3C(F)(F)F)=CC2=C(Br)C1=S. The van der Waals surface area contributed by atoms with Gasteiger partial charge in [-0.05, 0) is 40.4 Å². The fourth-order valence-corrected chi connectivity index (χ4v) is 4.89. The van der Waals surface area contributed by atoms with Crippen molar-refractivity contribution in [2.24, 2.45) is 0 Å². The third-order valence-electron chi connectivity index (χ3n) is 3.93. The average Bonchev–Trinajstić information content (AvgIpc) is 2.57. The van der Waals surface area contributed by atoms with Gasteiger partial charge in [-0.1, -0.05) is 54.4 Å². The Bertz CT molecular complexity index is 895. The van der Waals surface area contributed by atoms with E-state index in [2.05, 4.69) is 15.9 Å². The molecule has 1 unspecified atom stereocenters. The maximum Gasteiger partial charge on any atom is 0.417 e. The second kappa shape index (κ2) is 6.42. The molecule has 0 aromatic heterocycles. The van der Waals surface area contributed by atoms with E-state index in [0.29, 0.717) is 20.5 Å². The fraction of sp³-hybridized carbons (Fsp3) is 0.176. The summed E-state index contributed by atoms with van der Waals surface area (Å²) in [5.74, 6) is 0. The van der Waals surface area contributed by atoms with Crippen LogP contribution in [0.5, 0.6) is 0 Å². The van der Waals surface area contributed by atoms with Crippen molar-refractivity contribution in [3.8, 4) is 0 Å². The van der Waals surface area contributed by atoms with Gasteiger partial charge in [0.05, 0.1) is 15.3 Å². The van der Waals surface area contributed by atoms with E-state index in [1.54, 1.807) is 17.6 Å². The van der Waals surface area contributed by atoms with Crippen LogP contribution in [0.3, 0.4) is 0 Å². The van der Waals surface area contributed by atoms with Gasteiger partial charge in [0.2, 0.25) is 0 Å². The Morgan fingerprint density at radius 3 is 2.44 bits per heavy atom. The van der Waals surface area contributed by atoms with Gasteiger partial charge < -0.3 is 5.11 Å². The summed E-state index contributed by atoms with van der Waals surface area (Å²) >= 11 is 15.1. The first-order chi connectivity index (χ1) is 11.5. The number of alkyl halides is 3. The van der Waals surface area contributed by atoms with Crippen molar-refractivity contribution in [2.45, 2.75) is 18.7 Å². The zero-order chi connectivity index (χ0) is 18.6. The lowest BCUT2D eigenvalue weighted by Crippen LogP contribution is -2.46. The number of aliphatic hydroxyl groups is 1. The standard InChI is InChI=1S/C17H10BrF3OS3/c1-16(22)14(23)10-7-25-12(6-9(10)13(18)15(16)24)8-4-2-3-5-11(8)17(19,20)21/h2-7,22H,1H3. The molecule has 0 saturated carbocycles. The molecule has 2 aliphatic rings. The van der Waals surface area contributed by atoms with Crippen LogP contribution in [0.25, 0.3) is 4.91 Å². The molecule has 1 atom stereocenters. The van der Waals surface area contributed by atoms with Crippen molar-refractivity contribution in [2.75, 3.05) is 0 Å². The number of hydrogen-bond donors (Lipinski definition) is 1. The van der Waals surface area contributed by atoms with Crippen LogP contribution in [0.1, 0.15) is 18.1 Å². The minimum absolute atomic E-state index is 0.0947. The summed E-state index contributed by atoms with van der Waals surface area (Å²) in [5, 5.41) is 12.2. The third-order valence-corrected chi connectivity index (χ3v) is 7.18. The first-order valence-corrected chi connectivity index (χ1v) is 9.51. The molecule has 1 aromatic rings. The van der Waals surface area contributed by atoms with Crippen LogP contribution in [0, 0.1) is 0 Å². The Labute approximate surface area is 165 Å². The Morgan fingerprint density at radius 1 is 1.16 bits per heavy atom. The van der Waals surface area contributed by atoms with Crippen molar-refractivity contribution in [1.29, 1.82) is 0 Å². The molecule has 25 heavy (non-hydrogen) atoms. The molecule has 1 N–H and O–H groups in total. The Kier molecular flexibility index (Phi) is 4.87. The van der Waals surface area contributed by atoms with Crippen LogP contribution in [0.2, 0.25) is 0 Å². The molecule has 130 valence electrons. The number of allylic oxidation sites excluding steroid dienone is 2. The van der Waals surface area contributed by atoms with Crippen LogP contribution in [0.15, 0.2) is 51.4 Å². The van der Waals surface area contributed by atoms with Gasteiger partial charge >= 0.3 is 6.18 Å². The molecule has 1 aliphatic carbocycles. The summed E-state index contributed by atoms with van der Waals surface area (Å²) in [6.45, 7) is 1.51. The highest BCUT2D eigenvalue weighted by molar-refractivity contribution is 9.12. The zero-order valence-corrected chi connectivity index (χ0v) is 16.7. The minimum Gasteiger partial charge on any atom is -0.379 e. The molecule has 0 amide bonds. The lowest BCUT2D eigenvalue weighted by molar-refractivity contribution is -0.137. The number of thioether (sulfide) groups is 1. The molecule has 0 radical (unpaired) electrons. The highest BCUT2D eigenvalue weighted by atomic mass is 79.9. The molecular formula is C17H10BrF3OS3. The monoisotopic (exact) mass is 462 g/mol. The molecule has 0 spiro atoms. The van der Waals surface area contributed by atoms with Crippen molar-refractivity contribution >= 4 is 66.8 Å². The Balaban J connectivity index is 2.16. The maximum atomic E-state index is 13.3. The Hall–Kier alpha value is -0.800. The second-order valence-electron chi connectivity index (χ2n) is 5.66. The van der Waals surface area contributed by atoms with Gasteiger partial charge in [0.15, 0.2) is 0 Å². The first-order valence-electron chi connectivity index (χ1n) is 7.02. The molecule has 0 fully saturated rings. The molecule has 0 bridgehead atoms. The van der Waals surface area contributed by atoms with E-state index in [-0.39, 0.29) is 15.3 Å². The van der Waals surface area contributed by atoms with Gasteiger partial charge in [0.1, 0.15) is 5.60 Å². The number of benzene rings is 1. The van der Waals surface area contributed by atoms with Crippen molar-refractivity contribution in [3.05, 3.63) is 62.5 Å². The fourth-order valence-electron chi connectivity index (χ4n) is 2.57. The highest BCUT2D eigenvalue weighted by Gasteiger charge is 2.42. The van der Waals surface area contributed by atoms with Crippen molar-refractivity contribution < 1.29 is 18.3 Å². The number of fused-ring (bicyclic) bond motifs is 1. The van der Waals surface area contributed by atoms with Crippen LogP contribution in [-0.2, 0) is 6.18 Å².